The summed E-state index contributed by atoms with van der Waals surface area (Å²) in [6, 6.07) is 7.94. The van der Waals surface area contributed by atoms with Gasteiger partial charge in [-0.3, -0.25) is 4.99 Å². The third-order valence-electron chi connectivity index (χ3n) is 5.85. The van der Waals surface area contributed by atoms with Crippen molar-refractivity contribution in [3.63, 3.8) is 0 Å². The molecule has 1 aliphatic carbocycles. The van der Waals surface area contributed by atoms with Crippen LogP contribution in [0.4, 0.5) is 10.2 Å². The molecule has 2 aliphatic rings. The third kappa shape index (κ3) is 4.28. The van der Waals surface area contributed by atoms with Crippen molar-refractivity contribution in [3.8, 4) is 11.4 Å². The van der Waals surface area contributed by atoms with Crippen molar-refractivity contribution >= 4 is 28.8 Å². The molecule has 1 unspecified atom stereocenters. The lowest BCUT2D eigenvalue weighted by atomic mass is 10.0. The molecule has 0 saturated heterocycles. The number of hydrogen-bond donors (Lipinski definition) is 2. The predicted octanol–water partition coefficient (Wildman–Crippen LogP) is 3.85. The van der Waals surface area contributed by atoms with Crippen LogP contribution in [0.3, 0.4) is 0 Å². The molecule has 5 rings (SSSR count). The zero-order valence-corrected chi connectivity index (χ0v) is 18.8. The Kier molecular flexibility index (Phi) is 5.49. The molecule has 2 bridgehead atoms. The molecule has 170 valence electrons. The largest absolute Gasteiger partial charge is 0.482 e. The third-order valence-corrected chi connectivity index (χ3v) is 6.03. The summed E-state index contributed by atoms with van der Waals surface area (Å²) in [5, 5.41) is 8.80. The molecule has 1 fully saturated rings. The van der Waals surface area contributed by atoms with Crippen molar-refractivity contribution in [2.45, 2.75) is 32.3 Å². The SMILES string of the molecule is CC1Oc2cc(cnc2N)C(=NCC2CC2)C(=NN)Cc2cc(Cl)nn2-c2ccc(F)cc21. The molecule has 8 nitrogen and oxygen atoms in total. The van der Waals surface area contributed by atoms with Gasteiger partial charge in [0.05, 0.1) is 22.8 Å². The summed E-state index contributed by atoms with van der Waals surface area (Å²) in [6.07, 6.45) is 3.71. The molecule has 0 spiro atoms. The van der Waals surface area contributed by atoms with Crippen molar-refractivity contribution in [1.82, 2.24) is 14.8 Å². The zero-order valence-electron chi connectivity index (χ0n) is 18.0. The van der Waals surface area contributed by atoms with E-state index in [0.29, 0.717) is 58.0 Å². The first-order valence-corrected chi connectivity index (χ1v) is 11.1. The summed E-state index contributed by atoms with van der Waals surface area (Å²) in [5.41, 5.74) is 9.90. The number of rotatable bonds is 2. The van der Waals surface area contributed by atoms with E-state index in [9.17, 15) is 4.39 Å². The Labute approximate surface area is 195 Å². The molecular formula is C23H23ClFN7O. The van der Waals surface area contributed by atoms with E-state index in [2.05, 4.69) is 15.2 Å². The maximum atomic E-state index is 14.2. The van der Waals surface area contributed by atoms with E-state index in [1.165, 1.54) is 12.1 Å². The Morgan fingerprint density at radius 3 is 2.85 bits per heavy atom. The van der Waals surface area contributed by atoms with E-state index in [-0.39, 0.29) is 5.82 Å². The van der Waals surface area contributed by atoms with Gasteiger partial charge in [-0.1, -0.05) is 11.6 Å². The van der Waals surface area contributed by atoms with Crippen LogP contribution in [0.15, 0.2) is 46.6 Å². The van der Waals surface area contributed by atoms with E-state index in [0.717, 1.165) is 18.5 Å². The number of fused-ring (bicyclic) bond motifs is 5. The number of ether oxygens (including phenoxy) is 1. The van der Waals surface area contributed by atoms with Crippen molar-refractivity contribution < 1.29 is 9.13 Å². The molecule has 0 amide bonds. The Balaban J connectivity index is 1.72. The molecule has 1 aliphatic heterocycles. The summed E-state index contributed by atoms with van der Waals surface area (Å²) >= 11 is 6.29. The molecule has 4 N–H and O–H groups in total. The van der Waals surface area contributed by atoms with Crippen LogP contribution in [-0.2, 0) is 6.42 Å². The minimum atomic E-state index is -0.556. The molecule has 1 atom stereocenters. The minimum absolute atomic E-state index is 0.219. The smallest absolute Gasteiger partial charge is 0.166 e. The topological polar surface area (TPSA) is 117 Å². The number of pyridine rings is 1. The highest BCUT2D eigenvalue weighted by Crippen LogP contribution is 2.33. The van der Waals surface area contributed by atoms with Gasteiger partial charge in [0.25, 0.3) is 0 Å². The molecule has 0 radical (unpaired) electrons. The number of halogens is 2. The average molecular weight is 468 g/mol. The molecule has 3 heterocycles. The Morgan fingerprint density at radius 1 is 1.27 bits per heavy atom. The molecule has 3 aromatic rings. The molecule has 1 aromatic carbocycles. The number of nitrogen functional groups attached to an aromatic ring is 1. The fourth-order valence-electron chi connectivity index (χ4n) is 3.93. The van der Waals surface area contributed by atoms with Gasteiger partial charge in [0.15, 0.2) is 16.7 Å². The Hall–Kier alpha value is -3.46. The molecule has 33 heavy (non-hydrogen) atoms. The summed E-state index contributed by atoms with van der Waals surface area (Å²) in [5.74, 6) is 6.61. The van der Waals surface area contributed by atoms with Crippen LogP contribution in [0, 0.1) is 11.7 Å². The number of benzene rings is 1. The summed E-state index contributed by atoms with van der Waals surface area (Å²) in [4.78, 5) is 9.15. The molecule has 10 heteroatoms. The van der Waals surface area contributed by atoms with Crippen LogP contribution >= 0.6 is 11.6 Å². The van der Waals surface area contributed by atoms with Gasteiger partial charge in [-0.05, 0) is 56.0 Å². The minimum Gasteiger partial charge on any atom is -0.482 e. The van der Waals surface area contributed by atoms with Crippen molar-refractivity contribution in [2.75, 3.05) is 12.3 Å². The summed E-state index contributed by atoms with van der Waals surface area (Å²) < 4.78 is 22.1. The molecule has 1 saturated carbocycles. The van der Waals surface area contributed by atoms with Gasteiger partial charge in [0, 0.05) is 30.3 Å². The van der Waals surface area contributed by atoms with Crippen LogP contribution in [0.5, 0.6) is 5.75 Å². The fraction of sp³-hybridized carbons (Fsp3) is 0.304. The number of hydrazone groups is 1. The summed E-state index contributed by atoms with van der Waals surface area (Å²) in [7, 11) is 0. The number of nitrogens with two attached hydrogens (primary N) is 2. The second-order valence-electron chi connectivity index (χ2n) is 8.33. The molecular weight excluding hydrogens is 445 g/mol. The van der Waals surface area contributed by atoms with Gasteiger partial charge in [0.1, 0.15) is 11.9 Å². The Morgan fingerprint density at radius 2 is 2.09 bits per heavy atom. The lowest BCUT2D eigenvalue weighted by molar-refractivity contribution is 0.226. The second-order valence-corrected chi connectivity index (χ2v) is 8.71. The normalized spacial score (nSPS) is 20.5. The number of aliphatic imine (C=N–C) groups is 1. The van der Waals surface area contributed by atoms with Gasteiger partial charge in [-0.2, -0.15) is 10.2 Å². The van der Waals surface area contributed by atoms with Crippen LogP contribution < -0.4 is 16.3 Å². The second kappa shape index (κ2) is 8.47. The first-order valence-electron chi connectivity index (χ1n) is 10.7. The average Bonchev–Trinajstić information content (AvgIpc) is 3.55. The number of nitrogens with zero attached hydrogens (tertiary/aromatic N) is 5. The lowest BCUT2D eigenvalue weighted by Gasteiger charge is -2.22. The highest BCUT2D eigenvalue weighted by atomic mass is 35.5. The van der Waals surface area contributed by atoms with Crippen molar-refractivity contribution in [3.05, 3.63) is 64.3 Å². The van der Waals surface area contributed by atoms with Gasteiger partial charge in [-0.15, -0.1) is 0 Å². The van der Waals surface area contributed by atoms with Crippen LogP contribution in [0.1, 0.15) is 42.7 Å². The van der Waals surface area contributed by atoms with E-state index >= 15 is 0 Å². The van der Waals surface area contributed by atoms with Crippen LogP contribution in [0.2, 0.25) is 5.15 Å². The predicted molar refractivity (Wildman–Crippen MR) is 126 cm³/mol. The Bertz CT molecular complexity index is 1280. The zero-order chi connectivity index (χ0) is 23.1. The van der Waals surface area contributed by atoms with E-state index in [4.69, 9.17) is 32.9 Å². The summed E-state index contributed by atoms with van der Waals surface area (Å²) in [6.45, 7) is 2.49. The standard InChI is InChI=1S/C23H23ClFN7O/c1-12-17-7-15(25)4-5-19(17)32-16(9-21(24)31-32)8-18(30-27)22(28-10-13-2-3-13)14-6-20(33-12)23(26)29-11-14/h4-7,9,11-13H,2-3,8,10,27H2,1H3,(H2,26,29). The quantitative estimate of drug-likeness (QED) is 0.438. The van der Waals surface area contributed by atoms with Crippen molar-refractivity contribution in [2.24, 2.45) is 21.9 Å². The van der Waals surface area contributed by atoms with Crippen molar-refractivity contribution in [1.29, 1.82) is 0 Å². The monoisotopic (exact) mass is 467 g/mol. The lowest BCUT2D eigenvalue weighted by Crippen LogP contribution is -2.24. The first kappa shape index (κ1) is 21.4. The van der Waals surface area contributed by atoms with E-state index in [1.807, 2.05) is 6.92 Å². The van der Waals surface area contributed by atoms with Gasteiger partial charge < -0.3 is 16.3 Å². The van der Waals surface area contributed by atoms with Gasteiger partial charge in [-0.25, -0.2) is 14.1 Å². The molecule has 2 aromatic heterocycles. The number of aromatic nitrogens is 3. The van der Waals surface area contributed by atoms with E-state index < -0.39 is 11.9 Å². The maximum absolute atomic E-state index is 14.2. The maximum Gasteiger partial charge on any atom is 0.166 e. The van der Waals surface area contributed by atoms with E-state index in [1.54, 1.807) is 29.1 Å². The number of hydrogen-bond acceptors (Lipinski definition) is 7. The number of anilines is 1. The first-order chi connectivity index (χ1) is 15.9. The van der Waals surface area contributed by atoms with Gasteiger partial charge >= 0.3 is 0 Å². The van der Waals surface area contributed by atoms with Crippen LogP contribution in [-0.4, -0.2) is 32.7 Å². The highest BCUT2D eigenvalue weighted by molar-refractivity contribution is 6.48. The van der Waals surface area contributed by atoms with Gasteiger partial charge in [0.2, 0.25) is 0 Å². The fourth-order valence-corrected chi connectivity index (χ4v) is 4.13. The highest BCUT2D eigenvalue weighted by Gasteiger charge is 2.26. The van der Waals surface area contributed by atoms with Crippen LogP contribution in [0.25, 0.3) is 5.69 Å².